The molecule has 0 aliphatic rings. The van der Waals surface area contributed by atoms with Crippen molar-refractivity contribution >= 4 is 34.1 Å². The van der Waals surface area contributed by atoms with Crippen LogP contribution in [-0.4, -0.2) is 0 Å². The Labute approximate surface area is 270 Å². The van der Waals surface area contributed by atoms with Gasteiger partial charge in [0.15, 0.2) is 0 Å². The minimum Gasteiger partial charge on any atom is -0.310 e. The van der Waals surface area contributed by atoms with Crippen molar-refractivity contribution in [3.63, 3.8) is 0 Å². The summed E-state index contributed by atoms with van der Waals surface area (Å²) in [4.78, 5) is 4.50. The second-order valence-electron chi connectivity index (χ2n) is 11.0. The summed E-state index contributed by atoms with van der Waals surface area (Å²) < 4.78 is 0. The maximum atomic E-state index is 10.5. The van der Waals surface area contributed by atoms with E-state index in [1.165, 1.54) is 5.56 Å². The van der Waals surface area contributed by atoms with Crippen LogP contribution in [0.25, 0.3) is 22.3 Å². The van der Waals surface area contributed by atoms with Crippen LogP contribution >= 0.6 is 0 Å². The number of rotatable bonds is 8. The molecule has 0 N–H and O–H groups in total. The molecule has 0 heterocycles. The fourth-order valence-electron chi connectivity index (χ4n) is 5.95. The Morgan fingerprint density at radius 3 is 1.07 bits per heavy atom. The van der Waals surface area contributed by atoms with Crippen LogP contribution in [0, 0.1) is 11.3 Å². The average Bonchev–Trinajstić information content (AvgIpc) is 3.14. The molecule has 0 amide bonds. The molecule has 7 aromatic rings. The zero-order valence-corrected chi connectivity index (χ0v) is 25.2. The van der Waals surface area contributed by atoms with Crippen LogP contribution in [0.2, 0.25) is 0 Å². The summed E-state index contributed by atoms with van der Waals surface area (Å²) in [6, 6.07) is 67.1. The van der Waals surface area contributed by atoms with Crippen molar-refractivity contribution < 1.29 is 0 Å². The van der Waals surface area contributed by atoms with Gasteiger partial charge < -0.3 is 9.80 Å². The number of benzene rings is 7. The monoisotopic (exact) mass is 589 g/mol. The fraction of sp³-hybridized carbons (Fsp3) is 0. The summed E-state index contributed by atoms with van der Waals surface area (Å²) in [6.45, 7) is 0. The summed E-state index contributed by atoms with van der Waals surface area (Å²) in [5.74, 6) is 0. The van der Waals surface area contributed by atoms with Gasteiger partial charge in [0, 0.05) is 28.3 Å². The maximum Gasteiger partial charge on any atom is 0.0993 e. The minimum absolute atomic E-state index is 0.573. The van der Waals surface area contributed by atoms with Crippen molar-refractivity contribution in [2.75, 3.05) is 9.80 Å². The van der Waals surface area contributed by atoms with Gasteiger partial charge in [0.05, 0.1) is 23.0 Å². The highest BCUT2D eigenvalue weighted by Crippen LogP contribution is 2.49. The van der Waals surface area contributed by atoms with E-state index in [1.54, 1.807) is 0 Å². The van der Waals surface area contributed by atoms with Crippen LogP contribution < -0.4 is 9.80 Å². The van der Waals surface area contributed by atoms with E-state index in [0.717, 1.165) is 50.8 Å². The second kappa shape index (κ2) is 13.1. The van der Waals surface area contributed by atoms with E-state index >= 15 is 0 Å². The number of hydrogen-bond donors (Lipinski definition) is 0. The molecule has 0 aliphatic heterocycles. The number of nitriles is 1. The first-order valence-corrected chi connectivity index (χ1v) is 15.3. The smallest absolute Gasteiger partial charge is 0.0993 e. The topological polar surface area (TPSA) is 30.3 Å². The zero-order valence-electron chi connectivity index (χ0n) is 25.2. The number of para-hydroxylation sites is 3. The first-order chi connectivity index (χ1) is 22.8. The van der Waals surface area contributed by atoms with Crippen molar-refractivity contribution in [1.29, 1.82) is 5.26 Å². The molecule has 7 aromatic carbocycles. The lowest BCUT2D eigenvalue weighted by Gasteiger charge is -2.33. The molecule has 0 aliphatic carbocycles. The fourth-order valence-corrected chi connectivity index (χ4v) is 5.95. The summed E-state index contributed by atoms with van der Waals surface area (Å²) in [6.07, 6.45) is 0. The van der Waals surface area contributed by atoms with Gasteiger partial charge in [-0.2, -0.15) is 5.26 Å². The molecular formula is C43H31N3. The lowest BCUT2D eigenvalue weighted by Crippen LogP contribution is -2.16. The Morgan fingerprint density at radius 1 is 0.348 bits per heavy atom. The molecule has 0 bridgehead atoms. The third-order valence-corrected chi connectivity index (χ3v) is 8.05. The number of hydrogen-bond acceptors (Lipinski definition) is 3. The molecule has 0 aromatic heterocycles. The maximum absolute atomic E-state index is 10.5. The highest BCUT2D eigenvalue weighted by Gasteiger charge is 2.25. The van der Waals surface area contributed by atoms with E-state index in [0.29, 0.717) is 5.56 Å². The van der Waals surface area contributed by atoms with E-state index in [2.05, 4.69) is 137 Å². The van der Waals surface area contributed by atoms with Crippen LogP contribution in [0.15, 0.2) is 188 Å². The van der Waals surface area contributed by atoms with Crippen LogP contribution in [0.3, 0.4) is 0 Å². The van der Waals surface area contributed by atoms with Gasteiger partial charge in [0.2, 0.25) is 0 Å². The summed E-state index contributed by atoms with van der Waals surface area (Å²) in [5.41, 5.74) is 10.8. The normalized spacial score (nSPS) is 10.6. The number of nitrogens with zero attached hydrogens (tertiary/aromatic N) is 3. The van der Waals surface area contributed by atoms with Crippen molar-refractivity contribution in [3.05, 3.63) is 194 Å². The SMILES string of the molecule is N#Cc1cc(N(c2ccccc2)c2ccccc2)c(-c2ccccc2)c(N(c2ccccc2)c2ccc(-c3ccccc3)cc2)c1. The molecule has 0 unspecified atom stereocenters. The molecule has 3 heteroatoms. The third-order valence-electron chi connectivity index (χ3n) is 8.05. The average molecular weight is 590 g/mol. The molecular weight excluding hydrogens is 558 g/mol. The van der Waals surface area contributed by atoms with Gasteiger partial charge >= 0.3 is 0 Å². The molecule has 0 atom stereocenters. The van der Waals surface area contributed by atoms with Crippen molar-refractivity contribution in [2.24, 2.45) is 0 Å². The molecule has 46 heavy (non-hydrogen) atoms. The van der Waals surface area contributed by atoms with E-state index in [9.17, 15) is 5.26 Å². The highest BCUT2D eigenvalue weighted by atomic mass is 15.2. The lowest BCUT2D eigenvalue weighted by molar-refractivity contribution is 1.24. The van der Waals surface area contributed by atoms with Crippen LogP contribution in [0.5, 0.6) is 0 Å². The molecule has 0 spiro atoms. The largest absolute Gasteiger partial charge is 0.310 e. The third kappa shape index (κ3) is 5.76. The van der Waals surface area contributed by atoms with Gasteiger partial charge in [-0.3, -0.25) is 0 Å². The Hall–Kier alpha value is -6.37. The summed E-state index contributed by atoms with van der Waals surface area (Å²) in [5, 5.41) is 10.5. The van der Waals surface area contributed by atoms with E-state index in [-0.39, 0.29) is 0 Å². The quantitative estimate of drug-likeness (QED) is 0.177. The Kier molecular flexibility index (Phi) is 8.09. The molecule has 218 valence electrons. The van der Waals surface area contributed by atoms with Crippen molar-refractivity contribution in [3.8, 4) is 28.3 Å². The van der Waals surface area contributed by atoms with Crippen LogP contribution in [0.1, 0.15) is 5.56 Å². The predicted molar refractivity (Wildman–Crippen MR) is 191 cm³/mol. The Balaban J connectivity index is 1.53. The molecule has 7 rings (SSSR count). The van der Waals surface area contributed by atoms with Gasteiger partial charge in [0.1, 0.15) is 0 Å². The van der Waals surface area contributed by atoms with Gasteiger partial charge in [-0.05, 0) is 77.4 Å². The zero-order chi connectivity index (χ0) is 31.1. The van der Waals surface area contributed by atoms with Crippen LogP contribution in [-0.2, 0) is 0 Å². The van der Waals surface area contributed by atoms with Gasteiger partial charge in [-0.15, -0.1) is 0 Å². The van der Waals surface area contributed by atoms with E-state index < -0.39 is 0 Å². The minimum atomic E-state index is 0.573. The Bertz CT molecular complexity index is 2030. The number of anilines is 6. The van der Waals surface area contributed by atoms with Gasteiger partial charge in [-0.1, -0.05) is 127 Å². The van der Waals surface area contributed by atoms with Gasteiger partial charge in [0.25, 0.3) is 0 Å². The van der Waals surface area contributed by atoms with E-state index in [4.69, 9.17) is 0 Å². The molecule has 3 nitrogen and oxygen atoms in total. The molecule has 0 radical (unpaired) electrons. The molecule has 0 saturated carbocycles. The van der Waals surface area contributed by atoms with Gasteiger partial charge in [-0.25, -0.2) is 0 Å². The van der Waals surface area contributed by atoms with E-state index in [1.807, 2.05) is 66.7 Å². The highest BCUT2D eigenvalue weighted by molar-refractivity contribution is 5.99. The van der Waals surface area contributed by atoms with Crippen molar-refractivity contribution in [1.82, 2.24) is 0 Å². The lowest BCUT2D eigenvalue weighted by atomic mass is 9.95. The molecule has 0 saturated heterocycles. The Morgan fingerprint density at radius 2 is 0.674 bits per heavy atom. The molecule has 0 fully saturated rings. The predicted octanol–water partition coefficient (Wildman–Crippen LogP) is 11.8. The summed E-state index contributed by atoms with van der Waals surface area (Å²) >= 11 is 0. The standard InChI is InChI=1S/C43H31N3/c44-32-33-30-41(45(37-20-10-3-11-21-37)38-22-12-4-13-23-38)43(36-18-8-2-9-19-36)42(31-33)46(39-24-14-5-15-25-39)40-28-26-35(27-29-40)34-16-6-1-7-17-34/h1-31H. The summed E-state index contributed by atoms with van der Waals surface area (Å²) in [7, 11) is 0. The second-order valence-corrected chi connectivity index (χ2v) is 11.0. The van der Waals surface area contributed by atoms with Crippen LogP contribution in [0.4, 0.5) is 34.1 Å². The van der Waals surface area contributed by atoms with Crippen molar-refractivity contribution in [2.45, 2.75) is 0 Å². The first-order valence-electron chi connectivity index (χ1n) is 15.3. The first kappa shape index (κ1) is 28.4.